The van der Waals surface area contributed by atoms with Crippen LogP contribution in [0.15, 0.2) is 48.7 Å². The first-order valence-corrected chi connectivity index (χ1v) is 9.21. The van der Waals surface area contributed by atoms with Gasteiger partial charge < -0.3 is 15.2 Å². The second kappa shape index (κ2) is 7.67. The summed E-state index contributed by atoms with van der Waals surface area (Å²) in [5, 5.41) is 5.77. The number of alkyl halides is 1. The fraction of sp³-hybridized carbons (Fsp3) is 0.286. The molecule has 0 radical (unpaired) electrons. The van der Waals surface area contributed by atoms with Gasteiger partial charge in [-0.3, -0.25) is 4.79 Å². The first-order chi connectivity index (χ1) is 13.5. The van der Waals surface area contributed by atoms with Gasteiger partial charge in [0.25, 0.3) is 5.91 Å². The van der Waals surface area contributed by atoms with Crippen molar-refractivity contribution in [3.05, 3.63) is 71.4 Å². The van der Waals surface area contributed by atoms with E-state index in [0.29, 0.717) is 24.0 Å². The highest BCUT2D eigenvalue weighted by Crippen LogP contribution is 2.26. The van der Waals surface area contributed by atoms with Crippen LogP contribution in [-0.2, 0) is 6.54 Å². The number of hydrogen-bond acceptors (Lipinski definition) is 2. The third-order valence-corrected chi connectivity index (χ3v) is 5.12. The van der Waals surface area contributed by atoms with Crippen LogP contribution in [0.4, 0.5) is 13.2 Å². The average molecular weight is 387 g/mol. The van der Waals surface area contributed by atoms with E-state index in [0.717, 1.165) is 0 Å². The lowest BCUT2D eigenvalue weighted by molar-refractivity contribution is 0.0893. The van der Waals surface area contributed by atoms with Crippen molar-refractivity contribution in [3.8, 4) is 0 Å². The molecule has 1 aromatic heterocycles. The highest BCUT2D eigenvalue weighted by Gasteiger charge is 2.28. The molecular formula is C21H20F3N3O. The number of piperidine rings is 1. The van der Waals surface area contributed by atoms with Crippen LogP contribution in [0.5, 0.6) is 0 Å². The first kappa shape index (κ1) is 18.6. The van der Waals surface area contributed by atoms with Crippen molar-refractivity contribution in [2.24, 2.45) is 0 Å². The summed E-state index contributed by atoms with van der Waals surface area (Å²) in [6.07, 6.45) is 0.766. The van der Waals surface area contributed by atoms with Gasteiger partial charge in [-0.05, 0) is 31.2 Å². The largest absolute Gasteiger partial charge is 0.346 e. The SMILES string of the molecule is O=C(NC1CCNCC1F)c1cn(Cc2ccccc2F)c2cccc(F)c12. The van der Waals surface area contributed by atoms with E-state index in [9.17, 15) is 18.0 Å². The van der Waals surface area contributed by atoms with E-state index in [2.05, 4.69) is 10.6 Å². The van der Waals surface area contributed by atoms with Gasteiger partial charge in [-0.1, -0.05) is 24.3 Å². The Hall–Kier alpha value is -2.80. The molecule has 2 N–H and O–H groups in total. The Labute approximate surface area is 160 Å². The van der Waals surface area contributed by atoms with E-state index in [1.165, 1.54) is 18.3 Å². The van der Waals surface area contributed by atoms with Gasteiger partial charge in [-0.2, -0.15) is 0 Å². The number of amides is 1. The second-order valence-corrected chi connectivity index (χ2v) is 6.98. The number of hydrogen-bond donors (Lipinski definition) is 2. The summed E-state index contributed by atoms with van der Waals surface area (Å²) in [5.74, 6) is -1.45. The predicted molar refractivity (Wildman–Crippen MR) is 101 cm³/mol. The van der Waals surface area contributed by atoms with Crippen molar-refractivity contribution in [1.29, 1.82) is 0 Å². The second-order valence-electron chi connectivity index (χ2n) is 6.98. The molecule has 1 aliphatic heterocycles. The van der Waals surface area contributed by atoms with E-state index in [-0.39, 0.29) is 29.9 Å². The topological polar surface area (TPSA) is 46.1 Å². The van der Waals surface area contributed by atoms with Crippen molar-refractivity contribution in [3.63, 3.8) is 0 Å². The molecule has 7 heteroatoms. The molecule has 1 amide bonds. The van der Waals surface area contributed by atoms with Gasteiger partial charge in [0, 0.05) is 23.7 Å². The van der Waals surface area contributed by atoms with Gasteiger partial charge in [-0.25, -0.2) is 13.2 Å². The molecule has 0 aliphatic carbocycles. The minimum Gasteiger partial charge on any atom is -0.346 e. The zero-order valence-corrected chi connectivity index (χ0v) is 15.1. The van der Waals surface area contributed by atoms with E-state index in [1.807, 2.05) is 0 Å². The number of fused-ring (bicyclic) bond motifs is 1. The Kier molecular flexibility index (Phi) is 5.09. The number of carbonyl (C=O) groups excluding carboxylic acids is 1. The molecule has 28 heavy (non-hydrogen) atoms. The van der Waals surface area contributed by atoms with Gasteiger partial charge in [0.1, 0.15) is 17.8 Å². The maximum absolute atomic E-state index is 14.5. The van der Waals surface area contributed by atoms with Gasteiger partial charge in [0.2, 0.25) is 0 Å². The average Bonchev–Trinajstić information content (AvgIpc) is 3.05. The Bertz CT molecular complexity index is 1020. The van der Waals surface area contributed by atoms with Gasteiger partial charge in [-0.15, -0.1) is 0 Å². The van der Waals surface area contributed by atoms with Gasteiger partial charge >= 0.3 is 0 Å². The number of carbonyl (C=O) groups is 1. The van der Waals surface area contributed by atoms with Crippen LogP contribution >= 0.6 is 0 Å². The standard InChI is InChI=1S/C21H20F3N3O/c22-15-5-2-1-4-13(15)11-27-12-14(20-16(23)6-3-7-19(20)27)21(28)26-18-8-9-25-10-17(18)24/h1-7,12,17-18,25H,8-11H2,(H,26,28). The summed E-state index contributed by atoms with van der Waals surface area (Å²) in [6, 6.07) is 10.2. The lowest BCUT2D eigenvalue weighted by atomic mass is 10.0. The summed E-state index contributed by atoms with van der Waals surface area (Å²) in [4.78, 5) is 12.8. The van der Waals surface area contributed by atoms with Crippen LogP contribution in [0.3, 0.4) is 0 Å². The van der Waals surface area contributed by atoms with Crippen molar-refractivity contribution < 1.29 is 18.0 Å². The first-order valence-electron chi connectivity index (χ1n) is 9.21. The zero-order valence-electron chi connectivity index (χ0n) is 15.1. The number of halogens is 3. The van der Waals surface area contributed by atoms with Crippen molar-refractivity contribution in [2.75, 3.05) is 13.1 Å². The van der Waals surface area contributed by atoms with E-state index in [1.54, 1.807) is 34.9 Å². The Morgan fingerprint density at radius 2 is 1.93 bits per heavy atom. The molecule has 0 spiro atoms. The van der Waals surface area contributed by atoms with E-state index < -0.39 is 23.9 Å². The predicted octanol–water partition coefficient (Wildman–Crippen LogP) is 3.40. The van der Waals surface area contributed by atoms with Crippen LogP contribution in [0.1, 0.15) is 22.3 Å². The molecule has 2 atom stereocenters. The lowest BCUT2D eigenvalue weighted by Gasteiger charge is -2.27. The number of benzene rings is 2. The zero-order chi connectivity index (χ0) is 19.7. The molecule has 2 unspecified atom stereocenters. The molecule has 2 aromatic carbocycles. The molecule has 0 saturated carbocycles. The highest BCUT2D eigenvalue weighted by atomic mass is 19.1. The normalized spacial score (nSPS) is 19.7. The maximum Gasteiger partial charge on any atom is 0.253 e. The smallest absolute Gasteiger partial charge is 0.253 e. The van der Waals surface area contributed by atoms with E-state index >= 15 is 0 Å². The van der Waals surface area contributed by atoms with Crippen LogP contribution in [0.25, 0.3) is 10.9 Å². The fourth-order valence-corrected chi connectivity index (χ4v) is 3.65. The minimum atomic E-state index is -1.20. The molecule has 4 nitrogen and oxygen atoms in total. The summed E-state index contributed by atoms with van der Waals surface area (Å²) >= 11 is 0. The molecule has 146 valence electrons. The molecule has 1 fully saturated rings. The fourth-order valence-electron chi connectivity index (χ4n) is 3.65. The molecule has 4 rings (SSSR count). The van der Waals surface area contributed by atoms with Crippen LogP contribution in [0, 0.1) is 11.6 Å². The lowest BCUT2D eigenvalue weighted by Crippen LogP contribution is -2.50. The molecule has 2 heterocycles. The summed E-state index contributed by atoms with van der Waals surface area (Å²) in [5.41, 5.74) is 1.03. The third-order valence-electron chi connectivity index (χ3n) is 5.12. The number of nitrogens with one attached hydrogen (secondary N) is 2. The Balaban J connectivity index is 1.70. The summed E-state index contributed by atoms with van der Waals surface area (Å²) in [6.45, 7) is 0.933. The number of aromatic nitrogens is 1. The summed E-state index contributed by atoms with van der Waals surface area (Å²) < 4.78 is 44.3. The molecule has 1 aliphatic rings. The molecule has 3 aromatic rings. The van der Waals surface area contributed by atoms with Crippen LogP contribution in [0.2, 0.25) is 0 Å². The molecule has 1 saturated heterocycles. The van der Waals surface area contributed by atoms with Crippen LogP contribution in [-0.4, -0.2) is 35.8 Å². The van der Waals surface area contributed by atoms with Crippen LogP contribution < -0.4 is 10.6 Å². The molecular weight excluding hydrogens is 367 g/mol. The van der Waals surface area contributed by atoms with E-state index in [4.69, 9.17) is 0 Å². The quantitative estimate of drug-likeness (QED) is 0.721. The molecule has 0 bridgehead atoms. The highest BCUT2D eigenvalue weighted by molar-refractivity contribution is 6.07. The maximum atomic E-state index is 14.5. The van der Waals surface area contributed by atoms with Crippen molar-refractivity contribution in [2.45, 2.75) is 25.2 Å². The summed E-state index contributed by atoms with van der Waals surface area (Å²) in [7, 11) is 0. The number of rotatable bonds is 4. The third kappa shape index (κ3) is 3.49. The van der Waals surface area contributed by atoms with Crippen molar-refractivity contribution in [1.82, 2.24) is 15.2 Å². The van der Waals surface area contributed by atoms with Crippen molar-refractivity contribution >= 4 is 16.8 Å². The minimum absolute atomic E-state index is 0.121. The van der Waals surface area contributed by atoms with Gasteiger partial charge in [0.15, 0.2) is 0 Å². The van der Waals surface area contributed by atoms with Gasteiger partial charge in [0.05, 0.1) is 23.7 Å². The number of nitrogens with zero attached hydrogens (tertiary/aromatic N) is 1. The Morgan fingerprint density at radius 3 is 2.71 bits per heavy atom. The Morgan fingerprint density at radius 1 is 1.14 bits per heavy atom. The monoisotopic (exact) mass is 387 g/mol.